The number of fused-ring (bicyclic) bond motifs is 1. The molecule has 1 heterocycles. The van der Waals surface area contributed by atoms with Gasteiger partial charge in [-0.3, -0.25) is 9.36 Å². The zero-order valence-corrected chi connectivity index (χ0v) is 14.3. The zero-order valence-electron chi connectivity index (χ0n) is 13.5. The molecule has 1 aromatic heterocycles. The van der Waals surface area contributed by atoms with Crippen molar-refractivity contribution in [3.05, 3.63) is 77.4 Å². The highest BCUT2D eigenvalue weighted by molar-refractivity contribution is 7.99. The Morgan fingerprint density at radius 2 is 1.96 bits per heavy atom. The number of halogens is 1. The van der Waals surface area contributed by atoms with Crippen LogP contribution in [0.5, 0.6) is 5.75 Å². The Hall–Kier alpha value is -2.60. The lowest BCUT2D eigenvalue weighted by atomic mass is 10.2. The van der Waals surface area contributed by atoms with Crippen molar-refractivity contribution in [2.45, 2.75) is 11.7 Å². The van der Waals surface area contributed by atoms with E-state index < -0.39 is 0 Å². The first-order chi connectivity index (χ1) is 12.2. The summed E-state index contributed by atoms with van der Waals surface area (Å²) in [5, 5.41) is 1.22. The molecular formula is C19H17FN2O2S. The van der Waals surface area contributed by atoms with Gasteiger partial charge in [-0.15, -0.1) is 6.58 Å². The van der Waals surface area contributed by atoms with Crippen LogP contribution in [0.4, 0.5) is 4.39 Å². The van der Waals surface area contributed by atoms with E-state index in [1.807, 2.05) is 18.2 Å². The molecule has 0 amide bonds. The van der Waals surface area contributed by atoms with E-state index in [1.165, 1.54) is 23.9 Å². The Labute approximate surface area is 149 Å². The lowest BCUT2D eigenvalue weighted by Gasteiger charge is -2.11. The first-order valence-corrected chi connectivity index (χ1v) is 8.79. The molecule has 6 heteroatoms. The molecule has 2 aromatic carbocycles. The van der Waals surface area contributed by atoms with Crippen LogP contribution in [0.15, 0.2) is 71.1 Å². The number of hydrogen-bond donors (Lipinski definition) is 0. The molecule has 0 aliphatic carbocycles. The molecule has 0 N–H and O–H groups in total. The highest BCUT2D eigenvalue weighted by Gasteiger charge is 2.10. The first kappa shape index (κ1) is 17.2. The number of ether oxygens (including phenoxy) is 1. The van der Waals surface area contributed by atoms with Crippen molar-refractivity contribution in [2.24, 2.45) is 0 Å². The van der Waals surface area contributed by atoms with Crippen molar-refractivity contribution < 1.29 is 9.13 Å². The average Bonchev–Trinajstić information content (AvgIpc) is 2.63. The lowest BCUT2D eigenvalue weighted by Crippen LogP contribution is -2.23. The number of benzene rings is 2. The smallest absolute Gasteiger partial charge is 0.262 e. The molecule has 4 nitrogen and oxygen atoms in total. The number of thioether (sulfide) groups is 1. The molecule has 0 bridgehead atoms. The first-order valence-electron chi connectivity index (χ1n) is 7.80. The summed E-state index contributed by atoms with van der Waals surface area (Å²) in [5.74, 6) is 0.923. The van der Waals surface area contributed by atoms with Crippen molar-refractivity contribution >= 4 is 22.7 Å². The number of aromatic nitrogens is 2. The minimum Gasteiger partial charge on any atom is -0.493 e. The second-order valence-corrected chi connectivity index (χ2v) is 6.33. The number of rotatable bonds is 7. The van der Waals surface area contributed by atoms with E-state index in [-0.39, 0.29) is 11.4 Å². The van der Waals surface area contributed by atoms with Gasteiger partial charge in [-0.05, 0) is 36.4 Å². The van der Waals surface area contributed by atoms with Gasteiger partial charge in [0.2, 0.25) is 0 Å². The molecule has 0 unspecified atom stereocenters. The summed E-state index contributed by atoms with van der Waals surface area (Å²) in [7, 11) is 0. The summed E-state index contributed by atoms with van der Waals surface area (Å²) in [6.45, 7) is 4.53. The van der Waals surface area contributed by atoms with Crippen LogP contribution in [0, 0.1) is 5.82 Å². The molecule has 3 rings (SSSR count). The maximum Gasteiger partial charge on any atom is 0.262 e. The fourth-order valence-electron chi connectivity index (χ4n) is 2.37. The van der Waals surface area contributed by atoms with Gasteiger partial charge in [0.15, 0.2) is 5.16 Å². The number of nitrogens with zero attached hydrogens (tertiary/aromatic N) is 2. The normalized spacial score (nSPS) is 10.8. The van der Waals surface area contributed by atoms with Crippen LogP contribution in [0.1, 0.15) is 0 Å². The van der Waals surface area contributed by atoms with Gasteiger partial charge in [-0.1, -0.05) is 30.0 Å². The Bertz CT molecular complexity index is 938. The summed E-state index contributed by atoms with van der Waals surface area (Å²) in [6.07, 6.45) is 1.68. The van der Waals surface area contributed by atoms with Crippen molar-refractivity contribution in [2.75, 3.05) is 12.4 Å². The van der Waals surface area contributed by atoms with Crippen molar-refractivity contribution in [3.8, 4) is 5.75 Å². The van der Waals surface area contributed by atoms with Gasteiger partial charge in [-0.25, -0.2) is 9.37 Å². The summed E-state index contributed by atoms with van der Waals surface area (Å²) >= 11 is 1.44. The molecule has 25 heavy (non-hydrogen) atoms. The Morgan fingerprint density at radius 1 is 1.20 bits per heavy atom. The predicted molar refractivity (Wildman–Crippen MR) is 98.8 cm³/mol. The highest BCUT2D eigenvalue weighted by Crippen LogP contribution is 2.18. The SMILES string of the molecule is C=CCn1c(SCCOc2ccc(F)cc2)nc2ccccc2c1=O. The van der Waals surface area contributed by atoms with Gasteiger partial charge in [0, 0.05) is 12.3 Å². The maximum atomic E-state index is 12.9. The Morgan fingerprint density at radius 3 is 2.72 bits per heavy atom. The average molecular weight is 356 g/mol. The summed E-state index contributed by atoms with van der Waals surface area (Å²) in [6, 6.07) is 13.2. The Kier molecular flexibility index (Phi) is 5.50. The van der Waals surface area contributed by atoms with Crippen LogP contribution in [-0.4, -0.2) is 21.9 Å². The summed E-state index contributed by atoms with van der Waals surface area (Å²) in [5.41, 5.74) is 0.599. The van der Waals surface area contributed by atoms with Crippen LogP contribution in [-0.2, 0) is 6.54 Å². The quantitative estimate of drug-likeness (QED) is 0.279. The van der Waals surface area contributed by atoms with E-state index in [9.17, 15) is 9.18 Å². The minimum atomic E-state index is -0.296. The molecule has 0 radical (unpaired) electrons. The largest absolute Gasteiger partial charge is 0.493 e. The monoisotopic (exact) mass is 356 g/mol. The fourth-order valence-corrected chi connectivity index (χ4v) is 3.20. The lowest BCUT2D eigenvalue weighted by molar-refractivity contribution is 0.343. The van der Waals surface area contributed by atoms with E-state index >= 15 is 0 Å². The standard InChI is InChI=1S/C19H17FN2O2S/c1-2-11-22-18(23)16-5-3-4-6-17(16)21-19(22)25-13-12-24-15-9-7-14(20)8-10-15/h2-10H,1,11-13H2. The van der Waals surface area contributed by atoms with E-state index in [0.29, 0.717) is 40.7 Å². The molecule has 0 aliphatic rings. The summed E-state index contributed by atoms with van der Waals surface area (Å²) in [4.78, 5) is 17.2. The molecule has 0 atom stereocenters. The molecule has 0 spiro atoms. The van der Waals surface area contributed by atoms with Crippen molar-refractivity contribution in [1.82, 2.24) is 9.55 Å². The van der Waals surface area contributed by atoms with Gasteiger partial charge in [0.1, 0.15) is 11.6 Å². The third-order valence-corrected chi connectivity index (χ3v) is 4.48. The van der Waals surface area contributed by atoms with E-state index in [1.54, 1.807) is 28.8 Å². The molecule has 0 aliphatic heterocycles. The Balaban J connectivity index is 1.73. The third kappa shape index (κ3) is 4.09. The van der Waals surface area contributed by atoms with E-state index in [4.69, 9.17) is 4.74 Å². The van der Waals surface area contributed by atoms with Gasteiger partial charge in [-0.2, -0.15) is 0 Å². The predicted octanol–water partition coefficient (Wildman–Crippen LogP) is 3.89. The molecule has 0 saturated carbocycles. The molecule has 0 saturated heterocycles. The second kappa shape index (κ2) is 7.98. The fraction of sp³-hybridized carbons (Fsp3) is 0.158. The summed E-state index contributed by atoms with van der Waals surface area (Å²) < 4.78 is 20.1. The number of hydrogen-bond acceptors (Lipinski definition) is 4. The van der Waals surface area contributed by atoms with Crippen molar-refractivity contribution in [1.29, 1.82) is 0 Å². The second-order valence-electron chi connectivity index (χ2n) is 5.27. The topological polar surface area (TPSA) is 44.1 Å². The molecule has 128 valence electrons. The van der Waals surface area contributed by atoms with Crippen LogP contribution in [0.2, 0.25) is 0 Å². The molecule has 0 fully saturated rings. The number of allylic oxidation sites excluding steroid dienone is 1. The van der Waals surface area contributed by atoms with Gasteiger partial charge >= 0.3 is 0 Å². The molecule has 3 aromatic rings. The highest BCUT2D eigenvalue weighted by atomic mass is 32.2. The van der Waals surface area contributed by atoms with Crippen LogP contribution >= 0.6 is 11.8 Å². The van der Waals surface area contributed by atoms with Gasteiger partial charge in [0.25, 0.3) is 5.56 Å². The maximum absolute atomic E-state index is 12.9. The van der Waals surface area contributed by atoms with E-state index in [0.717, 1.165) is 0 Å². The number of para-hydroxylation sites is 1. The third-order valence-electron chi connectivity index (χ3n) is 3.54. The molecular weight excluding hydrogens is 339 g/mol. The van der Waals surface area contributed by atoms with E-state index in [2.05, 4.69) is 11.6 Å². The zero-order chi connectivity index (χ0) is 17.6. The van der Waals surface area contributed by atoms with Gasteiger partial charge < -0.3 is 4.74 Å². The minimum absolute atomic E-state index is 0.0764. The van der Waals surface area contributed by atoms with Gasteiger partial charge in [0.05, 0.1) is 17.5 Å². The van der Waals surface area contributed by atoms with Crippen LogP contribution in [0.3, 0.4) is 0 Å². The van der Waals surface area contributed by atoms with Crippen LogP contribution < -0.4 is 10.3 Å². The van der Waals surface area contributed by atoms with Crippen LogP contribution in [0.25, 0.3) is 10.9 Å². The van der Waals surface area contributed by atoms with Crippen molar-refractivity contribution in [3.63, 3.8) is 0 Å².